The van der Waals surface area contributed by atoms with Gasteiger partial charge in [-0.3, -0.25) is 0 Å². The Morgan fingerprint density at radius 2 is 2.00 bits per heavy atom. The van der Waals surface area contributed by atoms with Gasteiger partial charge in [0.05, 0.1) is 0 Å². The van der Waals surface area contributed by atoms with Crippen LogP contribution in [0.5, 0.6) is 0 Å². The Morgan fingerprint density at radius 3 is 2.73 bits per heavy atom. The summed E-state index contributed by atoms with van der Waals surface area (Å²) in [4.78, 5) is 0. The first kappa shape index (κ1) is 9.21. The van der Waals surface area contributed by atoms with E-state index in [2.05, 4.69) is 37.3 Å². The Bertz CT molecular complexity index is 396. The summed E-state index contributed by atoms with van der Waals surface area (Å²) in [6.45, 7) is 2.28. The van der Waals surface area contributed by atoms with Gasteiger partial charge in [-0.05, 0) is 41.9 Å². The van der Waals surface area contributed by atoms with E-state index < -0.39 is 0 Å². The van der Waals surface area contributed by atoms with Crippen molar-refractivity contribution in [2.75, 3.05) is 0 Å². The standard InChI is InChI=1S/C15H18/c1-2-5-12-10-15(11-8-9-11)14-7-4-3-6-13(12)14/h3-4,6-7,10-12H,2,5,8-9H2,1H3. The highest BCUT2D eigenvalue weighted by Crippen LogP contribution is 2.49. The van der Waals surface area contributed by atoms with Crippen LogP contribution in [0, 0.1) is 5.92 Å². The molecule has 1 atom stereocenters. The molecule has 0 heteroatoms. The second-order valence-corrected chi connectivity index (χ2v) is 4.88. The minimum Gasteiger partial charge on any atom is -0.0729 e. The van der Waals surface area contributed by atoms with E-state index >= 15 is 0 Å². The predicted octanol–water partition coefficient (Wildman–Crippen LogP) is 4.38. The summed E-state index contributed by atoms with van der Waals surface area (Å²) in [6, 6.07) is 9.01. The zero-order valence-corrected chi connectivity index (χ0v) is 9.37. The molecule has 78 valence electrons. The SMILES string of the molecule is CCCC1C=C(C2CC2)c2ccccc21. The van der Waals surface area contributed by atoms with Gasteiger partial charge in [-0.1, -0.05) is 43.7 Å². The predicted molar refractivity (Wildman–Crippen MR) is 64.8 cm³/mol. The van der Waals surface area contributed by atoms with E-state index in [4.69, 9.17) is 0 Å². The van der Waals surface area contributed by atoms with Crippen LogP contribution in [-0.2, 0) is 0 Å². The van der Waals surface area contributed by atoms with Crippen molar-refractivity contribution in [3.05, 3.63) is 41.5 Å². The van der Waals surface area contributed by atoms with Crippen LogP contribution < -0.4 is 0 Å². The number of allylic oxidation sites excluding steroid dienone is 2. The normalized spacial score (nSPS) is 23.8. The van der Waals surface area contributed by atoms with E-state index in [-0.39, 0.29) is 0 Å². The molecular weight excluding hydrogens is 180 g/mol. The lowest BCUT2D eigenvalue weighted by Gasteiger charge is -2.08. The summed E-state index contributed by atoms with van der Waals surface area (Å²) in [5.41, 5.74) is 4.80. The summed E-state index contributed by atoms with van der Waals surface area (Å²) >= 11 is 0. The molecule has 2 aliphatic carbocycles. The van der Waals surface area contributed by atoms with Crippen LogP contribution in [0.2, 0.25) is 0 Å². The fourth-order valence-electron chi connectivity index (χ4n) is 2.78. The molecule has 2 aliphatic rings. The molecule has 0 bridgehead atoms. The van der Waals surface area contributed by atoms with E-state index in [9.17, 15) is 0 Å². The fraction of sp³-hybridized carbons (Fsp3) is 0.467. The van der Waals surface area contributed by atoms with Crippen molar-refractivity contribution in [3.8, 4) is 0 Å². The Morgan fingerprint density at radius 1 is 1.20 bits per heavy atom. The molecule has 0 aromatic heterocycles. The van der Waals surface area contributed by atoms with Crippen LogP contribution in [0.15, 0.2) is 30.3 Å². The third-order valence-corrected chi connectivity index (χ3v) is 3.67. The number of rotatable bonds is 3. The maximum Gasteiger partial charge on any atom is 0.00300 e. The maximum absolute atomic E-state index is 2.55. The minimum atomic E-state index is 0.710. The van der Waals surface area contributed by atoms with Crippen LogP contribution in [0.25, 0.3) is 5.57 Å². The molecule has 1 aromatic carbocycles. The van der Waals surface area contributed by atoms with E-state index in [0.29, 0.717) is 5.92 Å². The zero-order chi connectivity index (χ0) is 10.3. The number of fused-ring (bicyclic) bond motifs is 1. The molecule has 1 unspecified atom stereocenters. The molecule has 0 saturated heterocycles. The molecule has 15 heavy (non-hydrogen) atoms. The van der Waals surface area contributed by atoms with Crippen molar-refractivity contribution in [3.63, 3.8) is 0 Å². The molecule has 0 aliphatic heterocycles. The Balaban J connectivity index is 2.00. The molecule has 1 saturated carbocycles. The Kier molecular flexibility index (Phi) is 2.16. The van der Waals surface area contributed by atoms with Crippen LogP contribution >= 0.6 is 0 Å². The summed E-state index contributed by atoms with van der Waals surface area (Å²) in [5, 5.41) is 0. The summed E-state index contributed by atoms with van der Waals surface area (Å²) < 4.78 is 0. The third-order valence-electron chi connectivity index (χ3n) is 3.67. The lowest BCUT2D eigenvalue weighted by atomic mass is 9.96. The first-order valence-electron chi connectivity index (χ1n) is 6.21. The van der Waals surface area contributed by atoms with Gasteiger partial charge in [-0.2, -0.15) is 0 Å². The van der Waals surface area contributed by atoms with Crippen LogP contribution in [-0.4, -0.2) is 0 Å². The highest BCUT2D eigenvalue weighted by molar-refractivity contribution is 5.77. The van der Waals surface area contributed by atoms with Gasteiger partial charge in [0.2, 0.25) is 0 Å². The largest absolute Gasteiger partial charge is 0.0729 e. The zero-order valence-electron chi connectivity index (χ0n) is 9.37. The monoisotopic (exact) mass is 198 g/mol. The second kappa shape index (κ2) is 3.52. The van der Waals surface area contributed by atoms with E-state index in [0.717, 1.165) is 5.92 Å². The molecule has 1 fully saturated rings. The maximum atomic E-state index is 2.55. The third kappa shape index (κ3) is 1.52. The molecule has 1 aromatic rings. The van der Waals surface area contributed by atoms with Crippen molar-refractivity contribution < 1.29 is 0 Å². The number of benzene rings is 1. The molecule has 0 heterocycles. The van der Waals surface area contributed by atoms with Crippen LogP contribution in [0.3, 0.4) is 0 Å². The van der Waals surface area contributed by atoms with E-state index in [1.165, 1.54) is 25.7 Å². The molecule has 0 nitrogen and oxygen atoms in total. The van der Waals surface area contributed by atoms with E-state index in [1.807, 2.05) is 0 Å². The van der Waals surface area contributed by atoms with Gasteiger partial charge < -0.3 is 0 Å². The molecule has 3 rings (SSSR count). The minimum absolute atomic E-state index is 0.710. The fourth-order valence-corrected chi connectivity index (χ4v) is 2.78. The van der Waals surface area contributed by atoms with Crippen molar-refractivity contribution >= 4 is 5.57 Å². The van der Waals surface area contributed by atoms with Crippen molar-refractivity contribution in [1.82, 2.24) is 0 Å². The van der Waals surface area contributed by atoms with Gasteiger partial charge in [0, 0.05) is 5.92 Å². The first-order chi connectivity index (χ1) is 7.40. The molecule has 0 amide bonds. The topological polar surface area (TPSA) is 0 Å². The molecule has 0 N–H and O–H groups in total. The van der Waals surface area contributed by atoms with Gasteiger partial charge in [-0.15, -0.1) is 0 Å². The van der Waals surface area contributed by atoms with Crippen molar-refractivity contribution in [2.24, 2.45) is 5.92 Å². The summed E-state index contributed by atoms with van der Waals surface area (Å²) in [5.74, 6) is 1.61. The van der Waals surface area contributed by atoms with Gasteiger partial charge in [0.1, 0.15) is 0 Å². The Hall–Kier alpha value is -1.04. The average Bonchev–Trinajstić information content (AvgIpc) is 3.04. The smallest absolute Gasteiger partial charge is 0.00300 e. The molecule has 0 spiro atoms. The number of hydrogen-bond donors (Lipinski definition) is 0. The van der Waals surface area contributed by atoms with E-state index in [1.54, 1.807) is 16.7 Å². The van der Waals surface area contributed by atoms with Crippen molar-refractivity contribution in [2.45, 2.75) is 38.5 Å². The van der Waals surface area contributed by atoms with Gasteiger partial charge in [0.25, 0.3) is 0 Å². The molecule has 0 radical (unpaired) electrons. The average molecular weight is 198 g/mol. The lowest BCUT2D eigenvalue weighted by Crippen LogP contribution is -1.91. The summed E-state index contributed by atoms with van der Waals surface area (Å²) in [6.07, 6.45) is 7.98. The highest BCUT2D eigenvalue weighted by atomic mass is 14.4. The Labute approximate surface area is 92.0 Å². The molecular formula is C15H18. The van der Waals surface area contributed by atoms with Gasteiger partial charge >= 0.3 is 0 Å². The first-order valence-corrected chi connectivity index (χ1v) is 6.21. The quantitative estimate of drug-likeness (QED) is 0.676. The lowest BCUT2D eigenvalue weighted by molar-refractivity contribution is 0.725. The van der Waals surface area contributed by atoms with Gasteiger partial charge in [0.15, 0.2) is 0 Å². The highest BCUT2D eigenvalue weighted by Gasteiger charge is 2.32. The van der Waals surface area contributed by atoms with Crippen LogP contribution in [0.4, 0.5) is 0 Å². The van der Waals surface area contributed by atoms with Gasteiger partial charge in [-0.25, -0.2) is 0 Å². The number of hydrogen-bond acceptors (Lipinski definition) is 0. The summed E-state index contributed by atoms with van der Waals surface area (Å²) in [7, 11) is 0. The van der Waals surface area contributed by atoms with Crippen molar-refractivity contribution in [1.29, 1.82) is 0 Å². The second-order valence-electron chi connectivity index (χ2n) is 4.88. The van der Waals surface area contributed by atoms with Crippen LogP contribution in [0.1, 0.15) is 49.7 Å².